The van der Waals surface area contributed by atoms with Gasteiger partial charge in [-0.2, -0.15) is 0 Å². The Morgan fingerprint density at radius 1 is 0.783 bits per heavy atom. The first-order valence-electron chi connectivity index (χ1n) is 7.48. The molecule has 23 heavy (non-hydrogen) atoms. The molecule has 1 N–H and O–H groups in total. The minimum absolute atomic E-state index is 0.454. The van der Waals surface area contributed by atoms with Crippen molar-refractivity contribution in [2.45, 2.75) is 6.54 Å². The highest BCUT2D eigenvalue weighted by Crippen LogP contribution is 2.25. The van der Waals surface area contributed by atoms with E-state index in [4.69, 9.17) is 18.9 Å². The van der Waals surface area contributed by atoms with Crippen LogP contribution in [0.15, 0.2) is 42.5 Å². The summed E-state index contributed by atoms with van der Waals surface area (Å²) in [4.78, 5) is 0. The lowest BCUT2D eigenvalue weighted by Gasteiger charge is -2.13. The number of nitrogens with one attached hydrogen (secondary N) is 1. The second-order valence-corrected chi connectivity index (χ2v) is 4.88. The molecule has 2 aromatic carbocycles. The maximum Gasteiger partial charge on any atom is 0.127 e. The number of methoxy groups -OCH3 is 2. The Morgan fingerprint density at radius 2 is 1.39 bits per heavy atom. The van der Waals surface area contributed by atoms with Gasteiger partial charge in [-0.15, -0.1) is 0 Å². The minimum atomic E-state index is 0.454. The van der Waals surface area contributed by atoms with E-state index >= 15 is 0 Å². The fourth-order valence-corrected chi connectivity index (χ4v) is 2.12. The smallest absolute Gasteiger partial charge is 0.127 e. The monoisotopic (exact) mass is 317 g/mol. The summed E-state index contributed by atoms with van der Waals surface area (Å²) >= 11 is 0. The van der Waals surface area contributed by atoms with E-state index < -0.39 is 0 Å². The molecule has 0 fully saturated rings. The van der Waals surface area contributed by atoms with E-state index in [9.17, 15) is 0 Å². The van der Waals surface area contributed by atoms with Crippen LogP contribution in [-0.4, -0.2) is 34.5 Å². The standard InChI is InChI=1S/C18H23NO4/c1-19-13-14-4-5-17(21-3)12-18(14)23-11-10-22-16-8-6-15(20-2)7-9-16/h4-9,12,19H,10-11,13H2,1-3H3. The summed E-state index contributed by atoms with van der Waals surface area (Å²) in [6.07, 6.45) is 0. The lowest BCUT2D eigenvalue weighted by molar-refractivity contribution is 0.215. The van der Waals surface area contributed by atoms with E-state index in [1.165, 1.54) is 0 Å². The van der Waals surface area contributed by atoms with Gasteiger partial charge >= 0.3 is 0 Å². The Balaban J connectivity index is 1.87. The van der Waals surface area contributed by atoms with Crippen LogP contribution >= 0.6 is 0 Å². The van der Waals surface area contributed by atoms with Gasteiger partial charge in [-0.3, -0.25) is 0 Å². The van der Waals surface area contributed by atoms with Gasteiger partial charge in [-0.05, 0) is 37.4 Å². The van der Waals surface area contributed by atoms with E-state index in [1.54, 1.807) is 14.2 Å². The summed E-state index contributed by atoms with van der Waals surface area (Å²) in [7, 11) is 5.19. The highest BCUT2D eigenvalue weighted by Gasteiger charge is 2.05. The predicted molar refractivity (Wildman–Crippen MR) is 89.7 cm³/mol. The van der Waals surface area contributed by atoms with E-state index in [1.807, 2.05) is 49.5 Å². The Hall–Kier alpha value is -2.40. The number of hydrogen-bond donors (Lipinski definition) is 1. The van der Waals surface area contributed by atoms with E-state index in [-0.39, 0.29) is 0 Å². The second kappa shape index (κ2) is 8.90. The van der Waals surface area contributed by atoms with Gasteiger partial charge in [0, 0.05) is 18.2 Å². The fourth-order valence-electron chi connectivity index (χ4n) is 2.12. The number of benzene rings is 2. The number of hydrogen-bond acceptors (Lipinski definition) is 5. The molecule has 0 heterocycles. The third-order valence-corrected chi connectivity index (χ3v) is 3.31. The van der Waals surface area contributed by atoms with Gasteiger partial charge in [0.05, 0.1) is 14.2 Å². The van der Waals surface area contributed by atoms with E-state index in [0.29, 0.717) is 13.2 Å². The summed E-state index contributed by atoms with van der Waals surface area (Å²) in [5.74, 6) is 3.17. The molecule has 0 aliphatic heterocycles. The number of ether oxygens (including phenoxy) is 4. The molecule has 0 saturated heterocycles. The van der Waals surface area contributed by atoms with Crippen LogP contribution < -0.4 is 24.3 Å². The maximum atomic E-state index is 5.83. The van der Waals surface area contributed by atoms with E-state index in [0.717, 1.165) is 35.1 Å². The van der Waals surface area contributed by atoms with Gasteiger partial charge in [0.25, 0.3) is 0 Å². The zero-order valence-corrected chi connectivity index (χ0v) is 13.8. The van der Waals surface area contributed by atoms with Crippen molar-refractivity contribution < 1.29 is 18.9 Å². The van der Waals surface area contributed by atoms with Gasteiger partial charge < -0.3 is 24.3 Å². The molecule has 2 aromatic rings. The van der Waals surface area contributed by atoms with Crippen LogP contribution in [0.3, 0.4) is 0 Å². The molecule has 0 spiro atoms. The Labute approximate surface area is 137 Å². The Kier molecular flexibility index (Phi) is 6.56. The molecule has 0 aliphatic rings. The summed E-state index contributed by atoms with van der Waals surface area (Å²) in [6, 6.07) is 13.3. The minimum Gasteiger partial charge on any atom is -0.497 e. The maximum absolute atomic E-state index is 5.83. The zero-order valence-electron chi connectivity index (χ0n) is 13.8. The van der Waals surface area contributed by atoms with Crippen LogP contribution in [0.5, 0.6) is 23.0 Å². The summed E-state index contributed by atoms with van der Waals surface area (Å²) < 4.78 is 21.8. The quantitative estimate of drug-likeness (QED) is 0.721. The Bertz CT molecular complexity index is 598. The lowest BCUT2D eigenvalue weighted by Crippen LogP contribution is -2.12. The normalized spacial score (nSPS) is 10.2. The van der Waals surface area contributed by atoms with Crippen LogP contribution in [-0.2, 0) is 6.54 Å². The van der Waals surface area contributed by atoms with Crippen molar-refractivity contribution in [3.8, 4) is 23.0 Å². The first kappa shape index (κ1) is 17.0. The van der Waals surface area contributed by atoms with E-state index in [2.05, 4.69) is 5.32 Å². The summed E-state index contributed by atoms with van der Waals surface area (Å²) in [5, 5.41) is 3.13. The molecule has 124 valence electrons. The fraction of sp³-hybridized carbons (Fsp3) is 0.333. The molecule has 5 heteroatoms. The van der Waals surface area contributed by atoms with Crippen molar-refractivity contribution in [2.75, 3.05) is 34.5 Å². The van der Waals surface area contributed by atoms with Gasteiger partial charge in [0.15, 0.2) is 0 Å². The van der Waals surface area contributed by atoms with Crippen LogP contribution in [0.2, 0.25) is 0 Å². The third kappa shape index (κ3) is 5.07. The summed E-state index contributed by atoms with van der Waals surface area (Å²) in [5.41, 5.74) is 1.08. The zero-order chi connectivity index (χ0) is 16.5. The molecule has 0 saturated carbocycles. The largest absolute Gasteiger partial charge is 0.497 e. The molecule has 2 rings (SSSR count). The van der Waals surface area contributed by atoms with Crippen molar-refractivity contribution >= 4 is 0 Å². The highest BCUT2D eigenvalue weighted by molar-refractivity contribution is 5.40. The SMILES string of the molecule is CNCc1ccc(OC)cc1OCCOc1ccc(OC)cc1. The molecule has 0 unspecified atom stereocenters. The van der Waals surface area contributed by atoms with Crippen molar-refractivity contribution in [1.82, 2.24) is 5.32 Å². The second-order valence-electron chi connectivity index (χ2n) is 4.88. The average Bonchev–Trinajstić information content (AvgIpc) is 2.60. The first-order valence-corrected chi connectivity index (χ1v) is 7.48. The van der Waals surface area contributed by atoms with Crippen molar-refractivity contribution in [2.24, 2.45) is 0 Å². The van der Waals surface area contributed by atoms with Gasteiger partial charge in [0.1, 0.15) is 36.2 Å². The third-order valence-electron chi connectivity index (χ3n) is 3.31. The topological polar surface area (TPSA) is 49.0 Å². The molecule has 0 atom stereocenters. The highest BCUT2D eigenvalue weighted by atomic mass is 16.5. The Morgan fingerprint density at radius 3 is 2.04 bits per heavy atom. The van der Waals surface area contributed by atoms with Crippen LogP contribution in [0.1, 0.15) is 5.56 Å². The van der Waals surface area contributed by atoms with Crippen LogP contribution in [0, 0.1) is 0 Å². The molecular weight excluding hydrogens is 294 g/mol. The van der Waals surface area contributed by atoms with Gasteiger partial charge in [-0.25, -0.2) is 0 Å². The molecule has 5 nitrogen and oxygen atoms in total. The van der Waals surface area contributed by atoms with Crippen LogP contribution in [0.4, 0.5) is 0 Å². The lowest BCUT2D eigenvalue weighted by atomic mass is 10.2. The van der Waals surface area contributed by atoms with Gasteiger partial charge in [-0.1, -0.05) is 6.07 Å². The average molecular weight is 317 g/mol. The summed E-state index contributed by atoms with van der Waals surface area (Å²) in [6.45, 7) is 1.65. The first-order chi connectivity index (χ1) is 11.3. The number of rotatable bonds is 9. The van der Waals surface area contributed by atoms with Crippen molar-refractivity contribution in [3.63, 3.8) is 0 Å². The molecule has 0 bridgehead atoms. The molecule has 0 amide bonds. The molecule has 0 aromatic heterocycles. The molecular formula is C18H23NO4. The predicted octanol–water partition coefficient (Wildman–Crippen LogP) is 2.88. The molecule has 0 radical (unpaired) electrons. The molecule has 0 aliphatic carbocycles. The van der Waals surface area contributed by atoms with Crippen molar-refractivity contribution in [3.05, 3.63) is 48.0 Å². The van der Waals surface area contributed by atoms with Gasteiger partial charge in [0.2, 0.25) is 0 Å². The van der Waals surface area contributed by atoms with Crippen molar-refractivity contribution in [1.29, 1.82) is 0 Å². The van der Waals surface area contributed by atoms with Crippen LogP contribution in [0.25, 0.3) is 0 Å².